The molecule has 0 bridgehead atoms. The Labute approximate surface area is 209 Å². The molecule has 1 aliphatic carbocycles. The fourth-order valence-corrected chi connectivity index (χ4v) is 3.75. The summed E-state index contributed by atoms with van der Waals surface area (Å²) in [7, 11) is 2.20. The van der Waals surface area contributed by atoms with Gasteiger partial charge in [-0.15, -0.1) is 0 Å². The molecule has 1 fully saturated rings. The second-order valence-electron chi connectivity index (χ2n) is 8.51. The van der Waals surface area contributed by atoms with E-state index in [9.17, 15) is 31.1 Å². The first-order chi connectivity index (χ1) is 17.0. The van der Waals surface area contributed by atoms with Crippen LogP contribution in [0.25, 0.3) is 0 Å². The van der Waals surface area contributed by atoms with Crippen LogP contribution >= 0.6 is 0 Å². The Morgan fingerprint density at radius 2 is 1.54 bits per heavy atom. The molecule has 1 spiro atoms. The molecule has 1 aromatic heterocycles. The molecule has 37 heavy (non-hydrogen) atoms. The minimum atomic E-state index is -5.08. The highest BCUT2D eigenvalue weighted by Crippen LogP contribution is 2.41. The molecular weight excluding hydrogens is 512 g/mol. The molecule has 0 aromatic carbocycles. The molecule has 2 heterocycles. The van der Waals surface area contributed by atoms with Gasteiger partial charge in [0.1, 0.15) is 5.69 Å². The minimum Gasteiger partial charge on any atom is -0.475 e. The zero-order valence-electron chi connectivity index (χ0n) is 20.2. The molecule has 1 aromatic rings. The molecule has 2 N–H and O–H groups in total. The number of rotatable bonds is 3. The van der Waals surface area contributed by atoms with Gasteiger partial charge >= 0.3 is 24.3 Å². The Hall–Kier alpha value is -3.16. The molecule has 2 aliphatic rings. The Morgan fingerprint density at radius 3 is 1.89 bits per heavy atom. The van der Waals surface area contributed by atoms with Crippen LogP contribution in [0.3, 0.4) is 0 Å². The van der Waals surface area contributed by atoms with Gasteiger partial charge in [0.2, 0.25) is 0 Å². The first kappa shape index (κ1) is 31.9. The van der Waals surface area contributed by atoms with Gasteiger partial charge < -0.3 is 20.0 Å². The van der Waals surface area contributed by atoms with Gasteiger partial charge in [0.25, 0.3) is 5.91 Å². The number of carbonyl (C=O) groups excluding carboxylic acids is 1. The van der Waals surface area contributed by atoms with Crippen LogP contribution < -0.4 is 0 Å². The van der Waals surface area contributed by atoms with E-state index in [2.05, 4.69) is 36.0 Å². The lowest BCUT2D eigenvalue weighted by Gasteiger charge is -2.43. The predicted octanol–water partition coefficient (Wildman–Crippen LogP) is 4.24. The largest absolute Gasteiger partial charge is 0.490 e. The number of aromatic nitrogens is 1. The van der Waals surface area contributed by atoms with E-state index in [1.165, 1.54) is 12.8 Å². The van der Waals surface area contributed by atoms with Gasteiger partial charge in [-0.1, -0.05) is 25.1 Å². The number of nitrogens with zero attached hydrogens (tertiary/aromatic N) is 3. The Morgan fingerprint density at radius 1 is 1.03 bits per heavy atom. The van der Waals surface area contributed by atoms with E-state index in [1.54, 1.807) is 12.3 Å². The molecule has 1 saturated heterocycles. The van der Waals surface area contributed by atoms with Crippen LogP contribution in [0.2, 0.25) is 0 Å². The van der Waals surface area contributed by atoms with Crippen LogP contribution in [0, 0.1) is 5.41 Å². The SMILES string of the molecule is CCN(C)C1C=CC2(CC1)CCN(C(=O)c1ccccn1)CC2.O=C(O)C(F)(F)F.O=C(O)C(F)(F)F. The van der Waals surface area contributed by atoms with E-state index in [4.69, 9.17) is 19.8 Å². The summed E-state index contributed by atoms with van der Waals surface area (Å²) in [5.74, 6) is -5.44. The van der Waals surface area contributed by atoms with Crippen molar-refractivity contribution in [3.8, 4) is 0 Å². The van der Waals surface area contributed by atoms with Crippen LogP contribution in [-0.4, -0.2) is 87.9 Å². The number of halogens is 6. The fourth-order valence-electron chi connectivity index (χ4n) is 3.75. The van der Waals surface area contributed by atoms with Crippen LogP contribution in [0.1, 0.15) is 43.1 Å². The molecular formula is C23H29F6N3O5. The first-order valence-electron chi connectivity index (χ1n) is 11.2. The summed E-state index contributed by atoms with van der Waals surface area (Å²) in [5.41, 5.74) is 0.874. The summed E-state index contributed by atoms with van der Waals surface area (Å²) in [6.45, 7) is 4.98. The number of hydrogen-bond donors (Lipinski definition) is 2. The van der Waals surface area contributed by atoms with Crippen molar-refractivity contribution < 1.29 is 50.9 Å². The van der Waals surface area contributed by atoms with Crippen molar-refractivity contribution in [3.63, 3.8) is 0 Å². The number of hydrogen-bond acceptors (Lipinski definition) is 5. The molecule has 3 rings (SSSR count). The second kappa shape index (κ2) is 13.4. The van der Waals surface area contributed by atoms with Gasteiger partial charge in [0.15, 0.2) is 0 Å². The number of carboxylic acids is 2. The summed E-state index contributed by atoms with van der Waals surface area (Å²) in [4.78, 5) is 38.8. The highest BCUT2D eigenvalue weighted by molar-refractivity contribution is 5.92. The van der Waals surface area contributed by atoms with Crippen molar-refractivity contribution in [2.24, 2.45) is 5.41 Å². The second-order valence-corrected chi connectivity index (χ2v) is 8.51. The number of carbonyl (C=O) groups is 3. The van der Waals surface area contributed by atoms with Crippen LogP contribution in [0.5, 0.6) is 0 Å². The number of likely N-dealkylation sites (N-methyl/N-ethyl adjacent to an activating group) is 1. The number of allylic oxidation sites excluding steroid dienone is 1. The molecule has 208 valence electrons. The van der Waals surface area contributed by atoms with E-state index in [0.717, 1.165) is 32.5 Å². The molecule has 0 saturated carbocycles. The molecule has 14 heteroatoms. The number of aliphatic carboxylic acids is 2. The quantitative estimate of drug-likeness (QED) is 0.435. The Balaban J connectivity index is 0.000000404. The van der Waals surface area contributed by atoms with Crippen molar-refractivity contribution in [1.29, 1.82) is 0 Å². The molecule has 8 nitrogen and oxygen atoms in total. The Bertz CT molecular complexity index is 905. The third-order valence-corrected chi connectivity index (χ3v) is 6.09. The molecule has 1 unspecified atom stereocenters. The first-order valence-corrected chi connectivity index (χ1v) is 11.2. The van der Waals surface area contributed by atoms with Gasteiger partial charge in [-0.05, 0) is 56.8 Å². The van der Waals surface area contributed by atoms with Gasteiger partial charge in [-0.25, -0.2) is 9.59 Å². The third-order valence-electron chi connectivity index (χ3n) is 6.09. The Kier molecular flexibility index (Phi) is 11.5. The normalized spacial score (nSPS) is 18.8. The molecule has 1 amide bonds. The van der Waals surface area contributed by atoms with E-state index >= 15 is 0 Å². The summed E-state index contributed by atoms with van der Waals surface area (Å²) in [5, 5.41) is 14.2. The zero-order valence-corrected chi connectivity index (χ0v) is 20.2. The standard InChI is InChI=1S/C19H27N3O.2C2HF3O2/c1-3-21(2)16-7-9-19(10-8-16)11-14-22(15-12-19)18(23)17-6-4-5-13-20-17;2*3-2(4,5)1(6)7/h4-7,9,13,16H,3,8,10-12,14-15H2,1-2H3;2*(H,6,7). The topological polar surface area (TPSA) is 111 Å². The summed E-state index contributed by atoms with van der Waals surface area (Å²) in [6.07, 6.45) is 0.973. The van der Waals surface area contributed by atoms with Crippen LogP contribution in [0.4, 0.5) is 26.3 Å². The minimum absolute atomic E-state index is 0.0730. The lowest BCUT2D eigenvalue weighted by Crippen LogP contribution is -2.44. The van der Waals surface area contributed by atoms with Crippen LogP contribution in [0.15, 0.2) is 36.5 Å². The van der Waals surface area contributed by atoms with Crippen molar-refractivity contribution in [3.05, 3.63) is 42.2 Å². The van der Waals surface area contributed by atoms with Crippen LogP contribution in [-0.2, 0) is 9.59 Å². The van der Waals surface area contributed by atoms with Crippen molar-refractivity contribution >= 4 is 17.8 Å². The summed E-state index contributed by atoms with van der Waals surface area (Å²) in [6, 6.07) is 6.11. The van der Waals surface area contributed by atoms with Crippen molar-refractivity contribution in [2.75, 3.05) is 26.7 Å². The number of carboxylic acid groups (broad SMARTS) is 2. The average molecular weight is 541 g/mol. The highest BCUT2D eigenvalue weighted by atomic mass is 19.4. The number of pyridine rings is 1. The molecule has 0 radical (unpaired) electrons. The number of piperidine rings is 1. The van der Waals surface area contributed by atoms with Gasteiger partial charge in [-0.2, -0.15) is 26.3 Å². The highest BCUT2D eigenvalue weighted by Gasteiger charge is 2.39. The van der Waals surface area contributed by atoms with Gasteiger partial charge in [0, 0.05) is 25.3 Å². The predicted molar refractivity (Wildman–Crippen MR) is 120 cm³/mol. The summed E-state index contributed by atoms with van der Waals surface area (Å²) < 4.78 is 63.5. The summed E-state index contributed by atoms with van der Waals surface area (Å²) >= 11 is 0. The van der Waals surface area contributed by atoms with E-state index in [-0.39, 0.29) is 5.91 Å². The van der Waals surface area contributed by atoms with Gasteiger partial charge in [-0.3, -0.25) is 9.78 Å². The smallest absolute Gasteiger partial charge is 0.475 e. The maximum atomic E-state index is 12.5. The maximum Gasteiger partial charge on any atom is 0.490 e. The lowest BCUT2D eigenvalue weighted by molar-refractivity contribution is -0.193. The number of alkyl halides is 6. The fraction of sp³-hybridized carbons (Fsp3) is 0.565. The third kappa shape index (κ3) is 10.4. The van der Waals surface area contributed by atoms with Gasteiger partial charge in [0.05, 0.1) is 0 Å². The number of amides is 1. The van der Waals surface area contributed by atoms with E-state index < -0.39 is 24.3 Å². The average Bonchev–Trinajstić information content (AvgIpc) is 2.84. The lowest BCUT2D eigenvalue weighted by atomic mass is 9.71. The monoisotopic (exact) mass is 541 g/mol. The maximum absolute atomic E-state index is 12.5. The van der Waals surface area contributed by atoms with Crippen molar-refractivity contribution in [2.45, 2.75) is 51.0 Å². The number of likely N-dealkylation sites (tertiary alicyclic amines) is 1. The molecule has 1 atom stereocenters. The van der Waals surface area contributed by atoms with Crippen molar-refractivity contribution in [1.82, 2.24) is 14.8 Å². The molecule has 1 aliphatic heterocycles. The van der Waals surface area contributed by atoms with E-state index in [0.29, 0.717) is 17.2 Å². The van der Waals surface area contributed by atoms with E-state index in [1.807, 2.05) is 17.0 Å². The zero-order chi connectivity index (χ0) is 28.4.